The Morgan fingerprint density at radius 3 is 2.65 bits per heavy atom. The topological polar surface area (TPSA) is 105 Å². The highest BCUT2D eigenvalue weighted by molar-refractivity contribution is 7.84. The van der Waals surface area contributed by atoms with Crippen molar-refractivity contribution in [1.29, 1.82) is 0 Å². The minimum Gasteiger partial charge on any atom is -0.456 e. The van der Waals surface area contributed by atoms with Crippen molar-refractivity contribution in [2.24, 2.45) is 0 Å². The first kappa shape index (κ1) is 28.2. The molecule has 2 atom stereocenters. The highest BCUT2D eigenvalue weighted by atomic mass is 32.2. The second-order valence-corrected chi connectivity index (χ2v) is 13.1. The van der Waals surface area contributed by atoms with E-state index in [0.29, 0.717) is 31.8 Å². The molecule has 1 aliphatic rings. The van der Waals surface area contributed by atoms with E-state index in [1.54, 1.807) is 13.2 Å². The predicted molar refractivity (Wildman–Crippen MR) is 157 cm³/mol. The van der Waals surface area contributed by atoms with Gasteiger partial charge in [-0.2, -0.15) is 0 Å². The molecule has 0 radical (unpaired) electrons. The number of aromatic nitrogens is 1. The summed E-state index contributed by atoms with van der Waals surface area (Å²) in [6.45, 7) is 6.88. The monoisotopic (exact) mass is 561 g/mol. The van der Waals surface area contributed by atoms with Crippen molar-refractivity contribution in [1.82, 2.24) is 14.6 Å². The van der Waals surface area contributed by atoms with Gasteiger partial charge in [0.1, 0.15) is 28.0 Å². The Bertz CT molecular complexity index is 1530. The van der Waals surface area contributed by atoms with Gasteiger partial charge >= 0.3 is 0 Å². The quantitative estimate of drug-likeness (QED) is 0.271. The van der Waals surface area contributed by atoms with Crippen molar-refractivity contribution in [3.05, 3.63) is 77.5 Å². The maximum Gasteiger partial charge on any atom is 0.269 e. The van der Waals surface area contributed by atoms with Gasteiger partial charge in [0.2, 0.25) is 0 Å². The third kappa shape index (κ3) is 5.60. The maximum absolute atomic E-state index is 13.6. The Kier molecular flexibility index (Phi) is 8.19. The summed E-state index contributed by atoms with van der Waals surface area (Å²) >= 11 is 0. The van der Waals surface area contributed by atoms with Crippen LogP contribution < -0.4 is 5.32 Å². The van der Waals surface area contributed by atoms with Crippen molar-refractivity contribution in [2.45, 2.75) is 44.5 Å². The van der Waals surface area contributed by atoms with Crippen molar-refractivity contribution in [3.63, 3.8) is 0 Å². The van der Waals surface area contributed by atoms with Crippen LogP contribution in [-0.2, 0) is 22.3 Å². The number of carbonyl (C=O) groups excluding carboxylic acids is 1. The summed E-state index contributed by atoms with van der Waals surface area (Å²) in [5.41, 5.74) is 5.19. The standard InChI is InChI=1S/C31H35N3O5S/c1-31(2,3)40(37)34-19-23-17-24(30(36)32-13-15-38-4)33-29(28(23)25(34)12-14-35)22-10-7-9-20(16-22)27-18-21-8-5-6-11-26(21)39-27/h5-11,16-18,25,35H,12-15,19H2,1-4H3,(H,32,36)/t25-,40?/m0/s1. The molecule has 0 saturated carbocycles. The third-order valence-electron chi connectivity index (χ3n) is 6.96. The molecule has 2 aromatic carbocycles. The van der Waals surface area contributed by atoms with E-state index in [0.717, 1.165) is 39.0 Å². The lowest BCUT2D eigenvalue weighted by Crippen LogP contribution is -2.36. The summed E-state index contributed by atoms with van der Waals surface area (Å²) in [5.74, 6) is 0.430. The lowest BCUT2D eigenvalue weighted by atomic mass is 9.95. The SMILES string of the molecule is COCCNC(=O)c1cc2c(c(-c3cccc(-c4cc5ccccc5o4)c3)n1)[C@H](CCO)N(S(=O)C(C)(C)C)C2. The van der Waals surface area contributed by atoms with Crippen LogP contribution in [0.3, 0.4) is 0 Å². The molecule has 5 rings (SSSR count). The van der Waals surface area contributed by atoms with Crippen molar-refractivity contribution < 1.29 is 23.3 Å². The summed E-state index contributed by atoms with van der Waals surface area (Å²) < 4.78 is 26.2. The van der Waals surface area contributed by atoms with Crippen LogP contribution in [0.15, 0.2) is 65.1 Å². The molecule has 40 heavy (non-hydrogen) atoms. The van der Waals surface area contributed by atoms with Gasteiger partial charge < -0.3 is 19.6 Å². The van der Waals surface area contributed by atoms with E-state index in [9.17, 15) is 14.1 Å². The number of amides is 1. The first-order valence-electron chi connectivity index (χ1n) is 13.4. The molecular weight excluding hydrogens is 526 g/mol. The van der Waals surface area contributed by atoms with E-state index in [-0.39, 0.29) is 24.2 Å². The number of para-hydroxylation sites is 1. The zero-order valence-corrected chi connectivity index (χ0v) is 24.1. The number of fused-ring (bicyclic) bond motifs is 2. The normalized spacial score (nSPS) is 16.3. The zero-order valence-electron chi connectivity index (χ0n) is 23.3. The van der Waals surface area contributed by atoms with Gasteiger partial charge in [0, 0.05) is 48.9 Å². The largest absolute Gasteiger partial charge is 0.456 e. The number of rotatable bonds is 9. The van der Waals surface area contributed by atoms with E-state index in [1.807, 2.05) is 79.7 Å². The molecule has 8 nitrogen and oxygen atoms in total. The summed E-state index contributed by atoms with van der Waals surface area (Å²) in [5, 5.41) is 13.9. The number of aliphatic hydroxyl groups excluding tert-OH is 1. The van der Waals surface area contributed by atoms with E-state index in [1.165, 1.54) is 0 Å². The van der Waals surface area contributed by atoms with Crippen LogP contribution >= 0.6 is 0 Å². The fraction of sp³-hybridized carbons (Fsp3) is 0.355. The molecule has 1 aliphatic heterocycles. The van der Waals surface area contributed by atoms with Crippen LogP contribution in [0.4, 0.5) is 0 Å². The minimum absolute atomic E-state index is 0.0698. The number of nitrogens with one attached hydrogen (secondary N) is 1. The number of furan rings is 1. The van der Waals surface area contributed by atoms with Gasteiger partial charge in [0.15, 0.2) is 0 Å². The zero-order chi connectivity index (χ0) is 28.4. The molecule has 0 spiro atoms. The molecule has 1 unspecified atom stereocenters. The number of aliphatic hydroxyl groups is 1. The van der Waals surface area contributed by atoms with Crippen molar-refractivity contribution in [3.8, 4) is 22.6 Å². The first-order valence-corrected chi connectivity index (χ1v) is 14.5. The Balaban J connectivity index is 1.64. The Labute approximate surface area is 237 Å². The molecule has 2 N–H and O–H groups in total. The summed E-state index contributed by atoms with van der Waals surface area (Å²) in [7, 11) is 0.242. The highest BCUT2D eigenvalue weighted by Crippen LogP contribution is 2.44. The fourth-order valence-electron chi connectivity index (χ4n) is 5.11. The molecule has 0 fully saturated rings. The molecule has 4 aromatic rings. The van der Waals surface area contributed by atoms with Crippen molar-refractivity contribution in [2.75, 3.05) is 26.9 Å². The smallest absolute Gasteiger partial charge is 0.269 e. The third-order valence-corrected chi connectivity index (χ3v) is 8.82. The maximum atomic E-state index is 13.6. The van der Waals surface area contributed by atoms with E-state index < -0.39 is 15.7 Å². The fourth-order valence-corrected chi connectivity index (χ4v) is 6.51. The lowest BCUT2D eigenvalue weighted by molar-refractivity contribution is 0.0932. The van der Waals surface area contributed by atoms with Gasteiger partial charge in [0.25, 0.3) is 5.91 Å². The van der Waals surface area contributed by atoms with Crippen LogP contribution in [0.2, 0.25) is 0 Å². The summed E-state index contributed by atoms with van der Waals surface area (Å²) in [6.07, 6.45) is 0.395. The molecular formula is C31H35N3O5S. The molecule has 3 heterocycles. The van der Waals surface area contributed by atoms with Crippen LogP contribution in [-0.4, -0.2) is 56.1 Å². The van der Waals surface area contributed by atoms with E-state index in [4.69, 9.17) is 14.1 Å². The molecule has 2 aromatic heterocycles. The Morgan fingerprint density at radius 1 is 1.15 bits per heavy atom. The summed E-state index contributed by atoms with van der Waals surface area (Å²) in [4.78, 5) is 18.0. The van der Waals surface area contributed by atoms with Gasteiger partial charge in [-0.25, -0.2) is 13.5 Å². The first-order chi connectivity index (χ1) is 19.2. The minimum atomic E-state index is -1.34. The van der Waals surface area contributed by atoms with Gasteiger partial charge in [-0.3, -0.25) is 4.79 Å². The van der Waals surface area contributed by atoms with Crippen molar-refractivity contribution >= 4 is 27.9 Å². The number of hydrogen-bond acceptors (Lipinski definition) is 6. The number of hydrogen-bond donors (Lipinski definition) is 2. The van der Waals surface area contributed by atoms with Gasteiger partial charge in [-0.15, -0.1) is 0 Å². The number of ether oxygens (including phenoxy) is 1. The van der Waals surface area contributed by atoms with E-state index >= 15 is 0 Å². The highest BCUT2D eigenvalue weighted by Gasteiger charge is 2.40. The average Bonchev–Trinajstić information content (AvgIpc) is 3.54. The van der Waals surface area contributed by atoms with Crippen LogP contribution in [0.1, 0.15) is 54.8 Å². The van der Waals surface area contributed by atoms with Crippen LogP contribution in [0, 0.1) is 0 Å². The lowest BCUT2D eigenvalue weighted by Gasteiger charge is -2.30. The summed E-state index contributed by atoms with van der Waals surface area (Å²) in [6, 6.07) is 19.2. The number of methoxy groups -OCH3 is 1. The van der Waals surface area contributed by atoms with Crippen LogP contribution in [0.25, 0.3) is 33.6 Å². The molecule has 0 bridgehead atoms. The molecule has 0 saturated heterocycles. The number of pyridine rings is 1. The average molecular weight is 562 g/mol. The Hall–Kier alpha value is -3.37. The molecule has 9 heteroatoms. The number of nitrogens with zero attached hydrogens (tertiary/aromatic N) is 2. The predicted octanol–water partition coefficient (Wildman–Crippen LogP) is 5.24. The number of benzene rings is 2. The molecule has 210 valence electrons. The Morgan fingerprint density at radius 2 is 1.93 bits per heavy atom. The van der Waals surface area contributed by atoms with Gasteiger partial charge in [-0.05, 0) is 57.0 Å². The van der Waals surface area contributed by atoms with E-state index in [2.05, 4.69) is 5.32 Å². The molecule has 0 aliphatic carbocycles. The van der Waals surface area contributed by atoms with Crippen LogP contribution in [0.5, 0.6) is 0 Å². The van der Waals surface area contributed by atoms with Gasteiger partial charge in [-0.1, -0.05) is 36.4 Å². The second kappa shape index (κ2) is 11.6. The molecule has 1 amide bonds. The van der Waals surface area contributed by atoms with Gasteiger partial charge in [0.05, 0.1) is 23.1 Å². The number of carbonyl (C=O) groups is 1. The second-order valence-electron chi connectivity index (χ2n) is 10.9.